The van der Waals surface area contributed by atoms with Crippen molar-refractivity contribution >= 4 is 11.7 Å². The Bertz CT molecular complexity index is 678. The van der Waals surface area contributed by atoms with Gasteiger partial charge in [0.05, 0.1) is 0 Å². The number of carbonyl (C=O) groups excluding carboxylic acids is 1. The first-order chi connectivity index (χ1) is 10.6. The molecule has 0 bridgehead atoms. The minimum atomic E-state index is -0.233. The van der Waals surface area contributed by atoms with Crippen molar-refractivity contribution in [2.24, 2.45) is 5.92 Å². The molecule has 0 radical (unpaired) electrons. The van der Waals surface area contributed by atoms with Crippen LogP contribution in [0.5, 0.6) is 0 Å². The second-order valence-corrected chi connectivity index (χ2v) is 5.11. The van der Waals surface area contributed by atoms with Gasteiger partial charge in [0.1, 0.15) is 6.07 Å². The van der Waals surface area contributed by atoms with Crippen LogP contribution in [0, 0.1) is 17.2 Å². The van der Waals surface area contributed by atoms with Crippen molar-refractivity contribution in [3.63, 3.8) is 0 Å². The third-order valence-electron chi connectivity index (χ3n) is 2.85. The minimum absolute atomic E-state index is 0.0229. The number of hydrazine groups is 1. The van der Waals surface area contributed by atoms with Crippen LogP contribution in [-0.2, 0) is 0 Å². The molecule has 2 rings (SSSR count). The number of rotatable bonds is 5. The Hall–Kier alpha value is -2.78. The van der Waals surface area contributed by atoms with E-state index in [9.17, 15) is 4.79 Å². The lowest BCUT2D eigenvalue weighted by atomic mass is 10.2. The number of amides is 1. The van der Waals surface area contributed by atoms with Gasteiger partial charge in [-0.05, 0) is 18.1 Å². The highest BCUT2D eigenvalue weighted by Gasteiger charge is 2.19. The predicted molar refractivity (Wildman–Crippen MR) is 82.8 cm³/mol. The zero-order chi connectivity index (χ0) is 15.9. The molecule has 112 valence electrons. The van der Waals surface area contributed by atoms with E-state index in [1.54, 1.807) is 30.3 Å². The summed E-state index contributed by atoms with van der Waals surface area (Å²) in [5.41, 5.74) is 3.61. The van der Waals surface area contributed by atoms with E-state index < -0.39 is 0 Å². The molecule has 1 aromatic heterocycles. The fourth-order valence-corrected chi connectivity index (χ4v) is 1.77. The molecular formula is C16H17N5O. The number of anilines is 1. The van der Waals surface area contributed by atoms with Gasteiger partial charge in [-0.1, -0.05) is 32.0 Å². The first-order valence-electron chi connectivity index (χ1n) is 6.98. The molecule has 0 saturated carbocycles. The van der Waals surface area contributed by atoms with Gasteiger partial charge in [0.25, 0.3) is 5.91 Å². The highest BCUT2D eigenvalue weighted by Crippen LogP contribution is 2.12. The van der Waals surface area contributed by atoms with Crippen LogP contribution in [0.15, 0.2) is 42.6 Å². The molecule has 0 atom stereocenters. The van der Waals surface area contributed by atoms with E-state index in [-0.39, 0.29) is 11.7 Å². The molecule has 1 heterocycles. The van der Waals surface area contributed by atoms with Crippen LogP contribution >= 0.6 is 0 Å². The number of benzene rings is 1. The van der Waals surface area contributed by atoms with Crippen molar-refractivity contribution in [3.05, 3.63) is 54.0 Å². The molecule has 0 unspecified atom stereocenters. The van der Waals surface area contributed by atoms with Crippen LogP contribution in [0.1, 0.15) is 30.0 Å². The van der Waals surface area contributed by atoms with Crippen LogP contribution in [-0.4, -0.2) is 22.4 Å². The third-order valence-corrected chi connectivity index (χ3v) is 2.85. The summed E-state index contributed by atoms with van der Waals surface area (Å²) < 4.78 is 0. The summed E-state index contributed by atoms with van der Waals surface area (Å²) in [4.78, 5) is 20.6. The highest BCUT2D eigenvalue weighted by molar-refractivity contribution is 6.04. The van der Waals surface area contributed by atoms with Gasteiger partial charge in [-0.3, -0.25) is 4.79 Å². The largest absolute Gasteiger partial charge is 0.274 e. The number of nitriles is 1. The molecule has 1 amide bonds. The lowest BCUT2D eigenvalue weighted by Gasteiger charge is -2.23. The summed E-state index contributed by atoms with van der Waals surface area (Å²) in [7, 11) is 0. The highest BCUT2D eigenvalue weighted by atomic mass is 16.2. The average Bonchev–Trinajstić information content (AvgIpc) is 2.55. The fraction of sp³-hybridized carbons (Fsp3) is 0.250. The number of nitrogens with one attached hydrogen (secondary N) is 1. The number of hydrogen-bond donors (Lipinski definition) is 1. The summed E-state index contributed by atoms with van der Waals surface area (Å²) in [6.45, 7) is 4.68. The molecule has 0 fully saturated rings. The Kier molecular flexibility index (Phi) is 5.17. The molecular weight excluding hydrogens is 278 g/mol. The molecule has 2 aromatic rings. The second kappa shape index (κ2) is 7.29. The normalized spacial score (nSPS) is 10.3. The standard InChI is InChI=1S/C16H17N5O/c1-12(2)11-19-21(15-8-9-18-14(10-17)20-15)16(22)13-6-4-3-5-7-13/h3-9,12,19H,11H2,1-2H3. The summed E-state index contributed by atoms with van der Waals surface area (Å²) >= 11 is 0. The van der Waals surface area contributed by atoms with Crippen LogP contribution < -0.4 is 10.4 Å². The Balaban J connectivity index is 2.33. The second-order valence-electron chi connectivity index (χ2n) is 5.11. The van der Waals surface area contributed by atoms with Crippen molar-refractivity contribution in [2.45, 2.75) is 13.8 Å². The van der Waals surface area contributed by atoms with E-state index in [2.05, 4.69) is 15.4 Å². The predicted octanol–water partition coefficient (Wildman–Crippen LogP) is 2.16. The van der Waals surface area contributed by atoms with E-state index in [1.807, 2.05) is 26.0 Å². The zero-order valence-corrected chi connectivity index (χ0v) is 12.5. The third kappa shape index (κ3) is 3.87. The molecule has 0 spiro atoms. The Morgan fingerprint density at radius 2 is 2.05 bits per heavy atom. The van der Waals surface area contributed by atoms with Crippen molar-refractivity contribution in [2.75, 3.05) is 11.6 Å². The molecule has 0 aliphatic rings. The number of hydrogen-bond acceptors (Lipinski definition) is 5. The van der Waals surface area contributed by atoms with Gasteiger partial charge in [-0.25, -0.2) is 15.4 Å². The van der Waals surface area contributed by atoms with Crippen LogP contribution in [0.4, 0.5) is 5.82 Å². The van der Waals surface area contributed by atoms with E-state index in [0.29, 0.717) is 23.8 Å². The summed E-state index contributed by atoms with van der Waals surface area (Å²) in [6.07, 6.45) is 1.46. The molecule has 0 aliphatic heterocycles. The van der Waals surface area contributed by atoms with Crippen molar-refractivity contribution in [3.8, 4) is 6.07 Å². The maximum Gasteiger partial charge on any atom is 0.274 e. The maximum absolute atomic E-state index is 12.7. The lowest BCUT2D eigenvalue weighted by Crippen LogP contribution is -2.45. The zero-order valence-electron chi connectivity index (χ0n) is 12.5. The van der Waals surface area contributed by atoms with Crippen molar-refractivity contribution < 1.29 is 4.79 Å². The Morgan fingerprint density at radius 1 is 1.32 bits per heavy atom. The first-order valence-corrected chi connectivity index (χ1v) is 6.98. The monoisotopic (exact) mass is 295 g/mol. The molecule has 1 aromatic carbocycles. The molecule has 0 aliphatic carbocycles. The molecule has 22 heavy (non-hydrogen) atoms. The Morgan fingerprint density at radius 3 is 2.68 bits per heavy atom. The van der Waals surface area contributed by atoms with Crippen molar-refractivity contribution in [1.82, 2.24) is 15.4 Å². The first kappa shape index (κ1) is 15.6. The van der Waals surface area contributed by atoms with Crippen molar-refractivity contribution in [1.29, 1.82) is 5.26 Å². The van der Waals surface area contributed by atoms with E-state index in [1.165, 1.54) is 11.2 Å². The molecule has 0 saturated heterocycles. The van der Waals surface area contributed by atoms with Crippen LogP contribution in [0.25, 0.3) is 0 Å². The Labute approximate surface area is 129 Å². The summed E-state index contributed by atoms with van der Waals surface area (Å²) in [5, 5.41) is 10.3. The lowest BCUT2D eigenvalue weighted by molar-refractivity contribution is 0.0972. The summed E-state index contributed by atoms with van der Waals surface area (Å²) in [5.74, 6) is 0.489. The SMILES string of the molecule is CC(C)CNN(C(=O)c1ccccc1)c1ccnc(C#N)n1. The molecule has 6 heteroatoms. The number of nitrogens with zero attached hydrogens (tertiary/aromatic N) is 4. The van der Waals surface area contributed by atoms with Gasteiger partial charge in [0, 0.05) is 24.4 Å². The topological polar surface area (TPSA) is 81.9 Å². The van der Waals surface area contributed by atoms with Crippen LogP contribution in [0.3, 0.4) is 0 Å². The van der Waals surface area contributed by atoms with Gasteiger partial charge < -0.3 is 0 Å². The van der Waals surface area contributed by atoms with Gasteiger partial charge in [-0.2, -0.15) is 10.2 Å². The van der Waals surface area contributed by atoms with E-state index >= 15 is 0 Å². The van der Waals surface area contributed by atoms with E-state index in [4.69, 9.17) is 5.26 Å². The van der Waals surface area contributed by atoms with Gasteiger partial charge in [-0.15, -0.1) is 0 Å². The molecule has 6 nitrogen and oxygen atoms in total. The van der Waals surface area contributed by atoms with Crippen LogP contribution in [0.2, 0.25) is 0 Å². The molecule has 1 N–H and O–H groups in total. The summed E-state index contributed by atoms with van der Waals surface area (Å²) in [6, 6.07) is 12.4. The maximum atomic E-state index is 12.7. The fourth-order valence-electron chi connectivity index (χ4n) is 1.77. The van der Waals surface area contributed by atoms with E-state index in [0.717, 1.165) is 0 Å². The minimum Gasteiger partial charge on any atom is -0.267 e. The van der Waals surface area contributed by atoms with Gasteiger partial charge >= 0.3 is 0 Å². The number of carbonyl (C=O) groups is 1. The average molecular weight is 295 g/mol. The van der Waals surface area contributed by atoms with Gasteiger partial charge in [0.2, 0.25) is 5.82 Å². The smallest absolute Gasteiger partial charge is 0.267 e. The number of aromatic nitrogens is 2. The van der Waals surface area contributed by atoms with Gasteiger partial charge in [0.15, 0.2) is 5.82 Å². The quantitative estimate of drug-likeness (QED) is 0.855.